The third-order valence-electron chi connectivity index (χ3n) is 6.22. The number of esters is 1. The molecule has 0 saturated carbocycles. The van der Waals surface area contributed by atoms with Crippen molar-refractivity contribution in [2.24, 2.45) is 0 Å². The van der Waals surface area contributed by atoms with Crippen molar-refractivity contribution in [3.63, 3.8) is 0 Å². The van der Waals surface area contributed by atoms with Gasteiger partial charge in [0.15, 0.2) is 11.5 Å². The molecular formula is C29H26Cl2N2O7. The molecule has 1 amide bonds. The van der Waals surface area contributed by atoms with Crippen molar-refractivity contribution in [3.8, 4) is 11.5 Å². The maximum atomic E-state index is 13.4. The van der Waals surface area contributed by atoms with Crippen LogP contribution < -0.4 is 9.47 Å². The average molecular weight is 585 g/mol. The Balaban J connectivity index is 1.81. The topological polar surface area (TPSA) is 115 Å². The van der Waals surface area contributed by atoms with E-state index in [1.807, 2.05) is 0 Å². The fourth-order valence-corrected chi connectivity index (χ4v) is 5.13. The fourth-order valence-electron chi connectivity index (χ4n) is 4.44. The van der Waals surface area contributed by atoms with E-state index in [1.165, 1.54) is 31.4 Å². The van der Waals surface area contributed by atoms with E-state index < -0.39 is 29.5 Å². The van der Waals surface area contributed by atoms with Gasteiger partial charge >= 0.3 is 5.97 Å². The quantitative estimate of drug-likeness (QED) is 0.157. The number of ether oxygens (including phenoxy) is 3. The summed E-state index contributed by atoms with van der Waals surface area (Å²) in [5, 5.41) is 11.5. The molecule has 2 heterocycles. The lowest BCUT2D eigenvalue weighted by Gasteiger charge is -2.25. The predicted molar refractivity (Wildman–Crippen MR) is 149 cm³/mol. The molecule has 9 nitrogen and oxygen atoms in total. The van der Waals surface area contributed by atoms with Gasteiger partial charge in [-0.1, -0.05) is 41.4 Å². The van der Waals surface area contributed by atoms with Crippen LogP contribution in [0.4, 0.5) is 0 Å². The minimum Gasteiger partial charge on any atom is -0.507 e. The van der Waals surface area contributed by atoms with Crippen LogP contribution in [0.15, 0.2) is 60.4 Å². The Morgan fingerprint density at radius 1 is 1.07 bits per heavy atom. The first-order valence-electron chi connectivity index (χ1n) is 12.2. The Morgan fingerprint density at radius 2 is 1.75 bits per heavy atom. The van der Waals surface area contributed by atoms with Gasteiger partial charge in [0.1, 0.15) is 10.8 Å². The Morgan fingerprint density at radius 3 is 2.33 bits per heavy atom. The maximum absolute atomic E-state index is 13.4. The number of benzene rings is 2. The number of ketones is 1. The van der Waals surface area contributed by atoms with Crippen LogP contribution in [-0.4, -0.2) is 53.0 Å². The Labute approximate surface area is 240 Å². The van der Waals surface area contributed by atoms with Crippen molar-refractivity contribution in [2.75, 3.05) is 14.2 Å². The molecule has 0 bridgehead atoms. The monoisotopic (exact) mass is 584 g/mol. The number of hydrogen-bond donors (Lipinski definition) is 1. The lowest BCUT2D eigenvalue weighted by atomic mass is 9.95. The first-order chi connectivity index (χ1) is 19.1. The number of likely N-dealkylation sites (tertiary alicyclic amines) is 1. The van der Waals surface area contributed by atoms with Crippen LogP contribution in [0.25, 0.3) is 5.76 Å². The number of nitrogens with zero attached hydrogens (tertiary/aromatic N) is 2. The molecule has 11 heteroatoms. The highest BCUT2D eigenvalue weighted by molar-refractivity contribution is 6.47. The zero-order chi connectivity index (χ0) is 29.1. The number of rotatable bonds is 8. The number of aromatic nitrogens is 1. The van der Waals surface area contributed by atoms with E-state index in [2.05, 4.69) is 4.98 Å². The van der Waals surface area contributed by atoms with E-state index in [0.717, 1.165) is 0 Å². The van der Waals surface area contributed by atoms with Crippen molar-refractivity contribution < 1.29 is 33.7 Å². The smallest absolute Gasteiger partial charge is 0.338 e. The summed E-state index contributed by atoms with van der Waals surface area (Å²) in [7, 11) is 2.71. The van der Waals surface area contributed by atoms with E-state index >= 15 is 0 Å². The Kier molecular flexibility index (Phi) is 8.66. The average Bonchev–Trinajstić information content (AvgIpc) is 3.18. The van der Waals surface area contributed by atoms with Crippen LogP contribution in [-0.2, 0) is 20.9 Å². The van der Waals surface area contributed by atoms with Crippen LogP contribution in [0.3, 0.4) is 0 Å². The summed E-state index contributed by atoms with van der Waals surface area (Å²) in [5.41, 5.74) is 1.31. The highest BCUT2D eigenvalue weighted by atomic mass is 35.5. The van der Waals surface area contributed by atoms with Gasteiger partial charge in [0.05, 0.1) is 48.1 Å². The lowest BCUT2D eigenvalue weighted by Crippen LogP contribution is -2.29. The number of carbonyl (C=O) groups is 3. The number of aliphatic hydroxyl groups excluding tert-OH is 1. The predicted octanol–water partition coefficient (Wildman–Crippen LogP) is 5.59. The molecule has 1 aliphatic heterocycles. The van der Waals surface area contributed by atoms with E-state index in [0.29, 0.717) is 16.7 Å². The number of carbonyl (C=O) groups excluding carboxylic acids is 3. The number of aliphatic hydroxyl groups is 1. The molecule has 40 heavy (non-hydrogen) atoms. The number of amides is 1. The van der Waals surface area contributed by atoms with Crippen LogP contribution in [0, 0.1) is 0 Å². The van der Waals surface area contributed by atoms with Gasteiger partial charge in [-0.3, -0.25) is 14.6 Å². The van der Waals surface area contributed by atoms with Crippen LogP contribution >= 0.6 is 23.2 Å². The zero-order valence-electron chi connectivity index (χ0n) is 22.1. The second-order valence-corrected chi connectivity index (χ2v) is 9.94. The van der Waals surface area contributed by atoms with Crippen LogP contribution in [0.5, 0.6) is 11.5 Å². The van der Waals surface area contributed by atoms with E-state index in [1.54, 1.807) is 56.4 Å². The van der Waals surface area contributed by atoms with Crippen molar-refractivity contribution >= 4 is 46.6 Å². The zero-order valence-corrected chi connectivity index (χ0v) is 23.6. The number of hydrogen-bond acceptors (Lipinski definition) is 8. The fraction of sp³-hybridized carbons (Fsp3) is 0.241. The number of methoxy groups -OCH3 is 2. The third kappa shape index (κ3) is 5.48. The summed E-state index contributed by atoms with van der Waals surface area (Å²) in [4.78, 5) is 44.5. The molecule has 1 N–H and O–H groups in total. The number of Topliss-reactive ketones (excluding diaryl/α,β-unsaturated/α-hetero) is 1. The normalized spacial score (nSPS) is 16.4. The SMILES string of the molecule is COc1c(Cl)cc(/C(O)=C2\C(=O)C(=O)N(Cc3ccc(C(=O)OC(C)C)cc3)C2c2cccnc2)c(OC)c1Cl. The molecule has 4 rings (SSSR count). The van der Waals surface area contributed by atoms with Gasteiger partial charge in [0.2, 0.25) is 0 Å². The molecule has 0 aliphatic carbocycles. The van der Waals surface area contributed by atoms with E-state index in [4.69, 9.17) is 37.4 Å². The molecule has 0 radical (unpaired) electrons. The Hall–Kier alpha value is -4.08. The largest absolute Gasteiger partial charge is 0.507 e. The van der Waals surface area contributed by atoms with Gasteiger partial charge < -0.3 is 24.2 Å². The molecule has 2 aromatic carbocycles. The number of pyridine rings is 1. The summed E-state index contributed by atoms with van der Waals surface area (Å²) in [6.07, 6.45) is 2.79. The second kappa shape index (κ2) is 12.0. The van der Waals surface area contributed by atoms with Crippen molar-refractivity contribution in [3.05, 3.63) is 92.7 Å². The maximum Gasteiger partial charge on any atom is 0.338 e. The molecule has 0 spiro atoms. The summed E-state index contributed by atoms with van der Waals surface area (Å²) < 4.78 is 15.9. The molecule has 1 aliphatic rings. The minimum absolute atomic E-state index is 0.00167. The molecular weight excluding hydrogens is 559 g/mol. The van der Waals surface area contributed by atoms with Gasteiger partial charge in [-0.05, 0) is 49.2 Å². The van der Waals surface area contributed by atoms with E-state index in [9.17, 15) is 19.5 Å². The van der Waals surface area contributed by atoms with Crippen LogP contribution in [0.2, 0.25) is 10.0 Å². The molecule has 1 saturated heterocycles. The molecule has 3 aromatic rings. The van der Waals surface area contributed by atoms with Crippen LogP contribution in [0.1, 0.15) is 46.9 Å². The van der Waals surface area contributed by atoms with Gasteiger partial charge in [-0.2, -0.15) is 0 Å². The lowest BCUT2D eigenvalue weighted by molar-refractivity contribution is -0.140. The minimum atomic E-state index is -0.997. The van der Waals surface area contributed by atoms with E-state index in [-0.39, 0.29) is 45.3 Å². The van der Waals surface area contributed by atoms with Gasteiger partial charge in [0.25, 0.3) is 11.7 Å². The summed E-state index contributed by atoms with van der Waals surface area (Å²) in [5.74, 6) is -2.59. The first-order valence-corrected chi connectivity index (χ1v) is 12.9. The third-order valence-corrected chi connectivity index (χ3v) is 6.84. The summed E-state index contributed by atoms with van der Waals surface area (Å²) >= 11 is 12.7. The summed E-state index contributed by atoms with van der Waals surface area (Å²) in [6.45, 7) is 3.51. The molecule has 1 atom stereocenters. The first kappa shape index (κ1) is 28.9. The second-order valence-electron chi connectivity index (χ2n) is 9.15. The highest BCUT2D eigenvalue weighted by Crippen LogP contribution is 2.47. The van der Waals surface area contributed by atoms with Crippen molar-refractivity contribution in [1.82, 2.24) is 9.88 Å². The molecule has 1 fully saturated rings. The van der Waals surface area contributed by atoms with Gasteiger partial charge in [0, 0.05) is 18.9 Å². The molecule has 208 valence electrons. The summed E-state index contributed by atoms with van der Waals surface area (Å²) in [6, 6.07) is 10.2. The highest BCUT2D eigenvalue weighted by Gasteiger charge is 2.46. The molecule has 1 aromatic heterocycles. The standard InChI is InChI=1S/C29H26Cl2N2O7/c1-15(2)40-29(37)17-9-7-16(8-10-17)14-33-23(18-6-5-11-32-13-18)21(25(35)28(33)36)24(34)19-12-20(30)27(39-4)22(31)26(19)38-3/h5-13,15,23,34H,14H2,1-4H3/b24-21+. The Bertz CT molecular complexity index is 1490. The van der Waals surface area contributed by atoms with Gasteiger partial charge in [-0.15, -0.1) is 0 Å². The van der Waals surface area contributed by atoms with Crippen molar-refractivity contribution in [2.45, 2.75) is 32.5 Å². The van der Waals surface area contributed by atoms with Crippen molar-refractivity contribution in [1.29, 1.82) is 0 Å². The van der Waals surface area contributed by atoms with Gasteiger partial charge in [-0.25, -0.2) is 4.79 Å². The number of halogens is 2. The molecule has 1 unspecified atom stereocenters.